The zero-order valence-electron chi connectivity index (χ0n) is 19.2. The van der Waals surface area contributed by atoms with Crippen LogP contribution in [0.2, 0.25) is 0 Å². The van der Waals surface area contributed by atoms with Gasteiger partial charge in [0.05, 0.1) is 19.3 Å². The molecule has 2 aliphatic rings. The number of hydrogen-bond acceptors (Lipinski definition) is 7. The molecule has 2 aromatic heterocycles. The first-order valence-electron chi connectivity index (χ1n) is 11.6. The molecule has 1 N–H and O–H groups in total. The van der Waals surface area contributed by atoms with Crippen LogP contribution in [0.5, 0.6) is 0 Å². The normalized spacial score (nSPS) is 20.6. The minimum Gasteiger partial charge on any atom is -0.370 e. The van der Waals surface area contributed by atoms with Gasteiger partial charge in [0, 0.05) is 83.6 Å². The molecule has 0 aliphatic carbocycles. The smallest absolute Gasteiger partial charge is 0.225 e. The fourth-order valence-corrected chi connectivity index (χ4v) is 4.18. The lowest BCUT2D eigenvalue weighted by atomic mass is 10.1. The third-order valence-corrected chi connectivity index (χ3v) is 5.90. The second-order valence-electron chi connectivity index (χ2n) is 8.22. The van der Waals surface area contributed by atoms with E-state index in [-0.39, 0.29) is 6.10 Å². The van der Waals surface area contributed by atoms with Crippen molar-refractivity contribution < 1.29 is 4.74 Å². The lowest BCUT2D eigenvalue weighted by Crippen LogP contribution is -2.48. The maximum atomic E-state index is 5.98. The van der Waals surface area contributed by atoms with Crippen LogP contribution in [0.3, 0.4) is 0 Å². The number of guanidine groups is 1. The van der Waals surface area contributed by atoms with Gasteiger partial charge in [-0.05, 0) is 19.4 Å². The summed E-state index contributed by atoms with van der Waals surface area (Å²) in [6.45, 7) is 11.2. The Labute approximate surface area is 190 Å². The molecular formula is C22H35N9O. The van der Waals surface area contributed by atoms with E-state index in [0.717, 1.165) is 82.8 Å². The van der Waals surface area contributed by atoms with Crippen molar-refractivity contribution in [1.29, 1.82) is 0 Å². The number of aromatic nitrogens is 4. The maximum absolute atomic E-state index is 5.98. The highest BCUT2D eigenvalue weighted by atomic mass is 16.5. The number of aliphatic imine (C=N–C) groups is 1. The molecule has 2 aromatic rings. The first-order chi connectivity index (χ1) is 15.7. The van der Waals surface area contributed by atoms with Gasteiger partial charge in [-0.15, -0.1) is 0 Å². The fourth-order valence-electron chi connectivity index (χ4n) is 4.18. The lowest BCUT2D eigenvalue weighted by molar-refractivity contribution is -0.00804. The van der Waals surface area contributed by atoms with Gasteiger partial charge in [0.2, 0.25) is 5.95 Å². The van der Waals surface area contributed by atoms with Crippen molar-refractivity contribution in [3.05, 3.63) is 36.4 Å². The van der Waals surface area contributed by atoms with Gasteiger partial charge in [0.1, 0.15) is 6.10 Å². The zero-order valence-corrected chi connectivity index (χ0v) is 19.2. The third-order valence-electron chi connectivity index (χ3n) is 5.90. The molecule has 1 unspecified atom stereocenters. The van der Waals surface area contributed by atoms with E-state index >= 15 is 0 Å². The molecule has 4 heterocycles. The highest BCUT2D eigenvalue weighted by molar-refractivity contribution is 5.80. The molecule has 10 nitrogen and oxygen atoms in total. The van der Waals surface area contributed by atoms with Crippen LogP contribution in [-0.2, 0) is 11.8 Å². The Balaban J connectivity index is 1.23. The van der Waals surface area contributed by atoms with E-state index < -0.39 is 0 Å². The number of morpholine rings is 1. The molecule has 0 radical (unpaired) electrons. The maximum Gasteiger partial charge on any atom is 0.225 e. The molecule has 0 saturated carbocycles. The number of aryl methyl sites for hydroxylation is 1. The quantitative estimate of drug-likeness (QED) is 0.383. The minimum absolute atomic E-state index is 0.0335. The predicted molar refractivity (Wildman–Crippen MR) is 125 cm³/mol. The monoisotopic (exact) mass is 441 g/mol. The van der Waals surface area contributed by atoms with Crippen molar-refractivity contribution in [2.45, 2.75) is 19.4 Å². The highest BCUT2D eigenvalue weighted by Crippen LogP contribution is 2.21. The summed E-state index contributed by atoms with van der Waals surface area (Å²) in [7, 11) is 1.94. The number of nitrogens with one attached hydrogen (secondary N) is 1. The molecule has 0 amide bonds. The van der Waals surface area contributed by atoms with Crippen LogP contribution in [0.15, 0.2) is 35.8 Å². The van der Waals surface area contributed by atoms with Crippen molar-refractivity contribution in [3.8, 4) is 0 Å². The van der Waals surface area contributed by atoms with Gasteiger partial charge in [-0.25, -0.2) is 9.97 Å². The van der Waals surface area contributed by atoms with Crippen LogP contribution in [-0.4, -0.2) is 101 Å². The molecule has 0 bridgehead atoms. The van der Waals surface area contributed by atoms with Gasteiger partial charge >= 0.3 is 0 Å². The number of rotatable bonds is 7. The van der Waals surface area contributed by atoms with E-state index in [0.29, 0.717) is 6.61 Å². The van der Waals surface area contributed by atoms with E-state index in [1.807, 2.05) is 42.6 Å². The van der Waals surface area contributed by atoms with E-state index in [2.05, 4.69) is 42.0 Å². The van der Waals surface area contributed by atoms with Crippen LogP contribution in [0.4, 0.5) is 5.95 Å². The second kappa shape index (κ2) is 11.2. The first-order valence-corrected chi connectivity index (χ1v) is 11.6. The van der Waals surface area contributed by atoms with Gasteiger partial charge in [0.25, 0.3) is 0 Å². The van der Waals surface area contributed by atoms with Gasteiger partial charge in [-0.2, -0.15) is 5.10 Å². The van der Waals surface area contributed by atoms with E-state index in [1.165, 1.54) is 0 Å². The van der Waals surface area contributed by atoms with Crippen LogP contribution < -0.4 is 10.2 Å². The topological polar surface area (TPSA) is 86.9 Å². The highest BCUT2D eigenvalue weighted by Gasteiger charge is 2.25. The first kappa shape index (κ1) is 22.5. The Bertz CT molecular complexity index is 848. The third kappa shape index (κ3) is 5.95. The zero-order chi connectivity index (χ0) is 22.2. The Morgan fingerprint density at radius 1 is 1.19 bits per heavy atom. The van der Waals surface area contributed by atoms with Crippen molar-refractivity contribution in [2.24, 2.45) is 12.0 Å². The fraction of sp³-hybridized carbons (Fsp3) is 0.636. The number of anilines is 1. The van der Waals surface area contributed by atoms with Crippen molar-refractivity contribution in [1.82, 2.24) is 34.9 Å². The SMILES string of the molecule is CCNC(=NCCCN1CCN(c2ncccn2)CC1)N1CCOC(c2cnn(C)c2)C1. The molecule has 174 valence electrons. The van der Waals surface area contributed by atoms with Crippen LogP contribution >= 0.6 is 0 Å². The number of nitrogens with zero attached hydrogens (tertiary/aromatic N) is 8. The molecule has 2 fully saturated rings. The molecule has 4 rings (SSSR count). The molecule has 10 heteroatoms. The summed E-state index contributed by atoms with van der Waals surface area (Å²) in [4.78, 5) is 20.7. The molecule has 1 atom stereocenters. The average Bonchev–Trinajstić information content (AvgIpc) is 3.28. The predicted octanol–water partition coefficient (Wildman–Crippen LogP) is 0.761. The molecule has 32 heavy (non-hydrogen) atoms. The summed E-state index contributed by atoms with van der Waals surface area (Å²) >= 11 is 0. The number of piperazine rings is 1. The summed E-state index contributed by atoms with van der Waals surface area (Å²) in [6.07, 6.45) is 8.62. The average molecular weight is 442 g/mol. The standard InChI is InChI=1S/C22H35N9O/c1-3-23-21(31-14-15-32-20(18-31)19-16-27-28(2)17-19)26-8-5-9-29-10-12-30(13-11-29)22-24-6-4-7-25-22/h4,6-7,16-17,20H,3,5,8-15,18H2,1-2H3,(H,23,26). The van der Waals surface area contributed by atoms with Gasteiger partial charge in [0.15, 0.2) is 5.96 Å². The van der Waals surface area contributed by atoms with E-state index in [1.54, 1.807) is 0 Å². The Morgan fingerprint density at radius 2 is 2.00 bits per heavy atom. The van der Waals surface area contributed by atoms with E-state index in [9.17, 15) is 0 Å². The van der Waals surface area contributed by atoms with Crippen molar-refractivity contribution in [2.75, 3.05) is 70.4 Å². The largest absolute Gasteiger partial charge is 0.370 e. The van der Waals surface area contributed by atoms with E-state index in [4.69, 9.17) is 9.73 Å². The summed E-state index contributed by atoms with van der Waals surface area (Å²) < 4.78 is 7.81. The van der Waals surface area contributed by atoms with Crippen LogP contribution in [0.25, 0.3) is 0 Å². The van der Waals surface area contributed by atoms with Gasteiger partial charge in [-0.3, -0.25) is 14.6 Å². The Kier molecular flexibility index (Phi) is 7.89. The molecule has 0 aromatic carbocycles. The Morgan fingerprint density at radius 3 is 2.72 bits per heavy atom. The summed E-state index contributed by atoms with van der Waals surface area (Å²) in [6, 6.07) is 1.86. The summed E-state index contributed by atoms with van der Waals surface area (Å²) in [5.74, 6) is 1.82. The summed E-state index contributed by atoms with van der Waals surface area (Å²) in [5.41, 5.74) is 1.12. The van der Waals surface area contributed by atoms with Crippen molar-refractivity contribution in [3.63, 3.8) is 0 Å². The van der Waals surface area contributed by atoms with Gasteiger partial charge < -0.3 is 19.9 Å². The molecule has 0 spiro atoms. The summed E-state index contributed by atoms with van der Waals surface area (Å²) in [5, 5.41) is 7.74. The Hall–Kier alpha value is -2.72. The van der Waals surface area contributed by atoms with Crippen LogP contribution in [0, 0.1) is 0 Å². The number of hydrogen-bond donors (Lipinski definition) is 1. The van der Waals surface area contributed by atoms with Gasteiger partial charge in [-0.1, -0.05) is 0 Å². The minimum atomic E-state index is 0.0335. The lowest BCUT2D eigenvalue weighted by Gasteiger charge is -2.35. The van der Waals surface area contributed by atoms with Crippen LogP contribution in [0.1, 0.15) is 25.0 Å². The molecule has 2 aliphatic heterocycles. The molecule has 2 saturated heterocycles. The molecular weight excluding hydrogens is 406 g/mol. The second-order valence-corrected chi connectivity index (χ2v) is 8.22. The number of ether oxygens (including phenoxy) is 1. The van der Waals surface area contributed by atoms with Crippen molar-refractivity contribution >= 4 is 11.9 Å².